The molecule has 174 valence electrons. The zero-order valence-corrected chi connectivity index (χ0v) is 19.3. The van der Waals surface area contributed by atoms with Gasteiger partial charge in [0.05, 0.1) is 23.2 Å². The predicted molar refractivity (Wildman–Crippen MR) is 129 cm³/mol. The number of hydrogen-bond acceptors (Lipinski definition) is 3. The van der Waals surface area contributed by atoms with E-state index in [4.69, 9.17) is 0 Å². The lowest BCUT2D eigenvalue weighted by Gasteiger charge is -2.43. The fourth-order valence-corrected chi connectivity index (χ4v) is 6.02. The maximum atomic E-state index is 13.4. The Morgan fingerprint density at radius 3 is 2.65 bits per heavy atom. The molecule has 5 nitrogen and oxygen atoms in total. The Labute approximate surface area is 198 Å². The maximum absolute atomic E-state index is 13.4. The van der Waals surface area contributed by atoms with Gasteiger partial charge in [0, 0.05) is 24.1 Å². The van der Waals surface area contributed by atoms with Gasteiger partial charge in [0.25, 0.3) is 0 Å². The molecule has 1 N–H and O–H groups in total. The third-order valence-corrected chi connectivity index (χ3v) is 8.30. The number of carbonyl (C=O) groups is 1. The van der Waals surface area contributed by atoms with Crippen LogP contribution in [0.3, 0.4) is 0 Å². The Balaban J connectivity index is 1.27. The number of aliphatic hydroxyl groups is 1. The summed E-state index contributed by atoms with van der Waals surface area (Å²) in [4.78, 5) is 13.9. The molecule has 34 heavy (non-hydrogen) atoms. The van der Waals surface area contributed by atoms with E-state index in [-0.39, 0.29) is 17.1 Å². The molecule has 2 aromatic carbocycles. The van der Waals surface area contributed by atoms with Crippen LogP contribution in [0.25, 0.3) is 11.8 Å². The zero-order chi connectivity index (χ0) is 23.5. The van der Waals surface area contributed by atoms with Crippen LogP contribution in [-0.2, 0) is 17.6 Å². The molecular weight excluding hydrogens is 429 g/mol. The Hall–Kier alpha value is -3.25. The summed E-state index contributed by atoms with van der Waals surface area (Å²) in [5.41, 5.74) is 5.09. The first-order chi connectivity index (χ1) is 16.4. The average molecular weight is 458 g/mol. The molecule has 2 atom stereocenters. The Kier molecular flexibility index (Phi) is 4.78. The number of β-lactam (4-membered cyclic amide) rings is 1. The Morgan fingerprint density at radius 2 is 1.91 bits per heavy atom. The summed E-state index contributed by atoms with van der Waals surface area (Å²) in [5, 5.41) is 16.5. The fraction of sp³-hybridized carbons (Fsp3) is 0.357. The van der Waals surface area contributed by atoms with Crippen molar-refractivity contribution >= 4 is 17.7 Å². The van der Waals surface area contributed by atoms with E-state index in [2.05, 4.69) is 24.2 Å². The van der Waals surface area contributed by atoms with Crippen LogP contribution in [0.2, 0.25) is 0 Å². The van der Waals surface area contributed by atoms with Crippen LogP contribution < -0.4 is 4.90 Å². The molecule has 2 unspecified atom stereocenters. The molecule has 2 heterocycles. The van der Waals surface area contributed by atoms with E-state index in [1.807, 2.05) is 34.0 Å². The fourth-order valence-electron chi connectivity index (χ4n) is 6.02. The molecule has 0 bridgehead atoms. The first kappa shape index (κ1) is 21.3. The van der Waals surface area contributed by atoms with E-state index < -0.39 is 5.60 Å². The maximum Gasteiger partial charge on any atom is 0.228 e. The van der Waals surface area contributed by atoms with Gasteiger partial charge in [0.1, 0.15) is 5.82 Å². The van der Waals surface area contributed by atoms with Crippen molar-refractivity contribution in [2.45, 2.75) is 51.0 Å². The number of hydrogen-bond donors (Lipinski definition) is 1. The number of benzene rings is 2. The summed E-state index contributed by atoms with van der Waals surface area (Å²) < 4.78 is 15.3. The van der Waals surface area contributed by atoms with Crippen molar-refractivity contribution in [3.8, 4) is 5.69 Å². The second-order valence-corrected chi connectivity index (χ2v) is 10.1. The molecule has 3 aromatic rings. The Bertz CT molecular complexity index is 1310. The summed E-state index contributed by atoms with van der Waals surface area (Å²) in [6.45, 7) is 2.94. The standard InChI is InChI=1S/C28H28FN3O2/c1-27-17-20-18-30-32(23-8-6-22(29)7-9-23)25(20)16-21(27)11-14-28(27,34)13-10-19-4-2-3-5-24(19)31-15-12-26(31)33/h2-9,16,18,34H,10-15,17H2,1H3. The van der Waals surface area contributed by atoms with Gasteiger partial charge in [0.2, 0.25) is 5.91 Å². The molecule has 6 rings (SSSR count). The number of para-hydroxylation sites is 1. The smallest absolute Gasteiger partial charge is 0.228 e. The van der Waals surface area contributed by atoms with Crippen LogP contribution in [0.4, 0.5) is 10.1 Å². The van der Waals surface area contributed by atoms with Gasteiger partial charge in [-0.15, -0.1) is 0 Å². The largest absolute Gasteiger partial charge is 0.389 e. The molecule has 1 aromatic heterocycles. The Morgan fingerprint density at radius 1 is 1.12 bits per heavy atom. The van der Waals surface area contributed by atoms with E-state index in [0.29, 0.717) is 19.3 Å². The molecular formula is C28H28FN3O2. The van der Waals surface area contributed by atoms with E-state index in [0.717, 1.165) is 54.0 Å². The van der Waals surface area contributed by atoms with Gasteiger partial charge in [-0.25, -0.2) is 9.07 Å². The minimum absolute atomic E-state index is 0.169. The molecule has 0 radical (unpaired) electrons. The van der Waals surface area contributed by atoms with E-state index in [9.17, 15) is 14.3 Å². The first-order valence-electron chi connectivity index (χ1n) is 12.0. The van der Waals surface area contributed by atoms with Gasteiger partial charge in [-0.2, -0.15) is 5.10 Å². The molecule has 1 aliphatic heterocycles. The highest BCUT2D eigenvalue weighted by Gasteiger charge is 2.54. The topological polar surface area (TPSA) is 58.4 Å². The van der Waals surface area contributed by atoms with Crippen molar-refractivity contribution in [2.24, 2.45) is 5.41 Å². The number of aromatic nitrogens is 2. The van der Waals surface area contributed by atoms with E-state index in [1.165, 1.54) is 17.7 Å². The number of halogens is 1. The summed E-state index contributed by atoms with van der Waals surface area (Å²) in [5.74, 6) is -0.0983. The van der Waals surface area contributed by atoms with Gasteiger partial charge in [-0.1, -0.05) is 30.7 Å². The third kappa shape index (κ3) is 3.16. The lowest BCUT2D eigenvalue weighted by atomic mass is 9.65. The number of fused-ring (bicyclic) bond motifs is 2. The molecule has 0 spiro atoms. The molecule has 1 amide bonds. The normalized spacial score (nSPS) is 25.6. The minimum atomic E-state index is -0.833. The lowest BCUT2D eigenvalue weighted by Crippen LogP contribution is -2.46. The van der Waals surface area contributed by atoms with E-state index in [1.54, 1.807) is 12.1 Å². The van der Waals surface area contributed by atoms with Crippen LogP contribution >= 0.6 is 0 Å². The summed E-state index contributed by atoms with van der Waals surface area (Å²) in [7, 11) is 0. The van der Waals surface area contributed by atoms with Crippen LogP contribution in [-0.4, -0.2) is 32.9 Å². The quantitative estimate of drug-likeness (QED) is 0.557. The van der Waals surface area contributed by atoms with Gasteiger partial charge in [-0.3, -0.25) is 4.79 Å². The second-order valence-electron chi connectivity index (χ2n) is 10.1. The van der Waals surface area contributed by atoms with Gasteiger partial charge < -0.3 is 10.0 Å². The van der Waals surface area contributed by atoms with Crippen LogP contribution in [0.5, 0.6) is 0 Å². The highest BCUT2D eigenvalue weighted by Crippen LogP contribution is 2.57. The molecule has 1 saturated carbocycles. The predicted octanol–water partition coefficient (Wildman–Crippen LogP) is 4.85. The SMILES string of the molecule is CC12Cc3cnn(-c4ccc(F)cc4)c3C=C1CCC2(O)CCc1ccccc1N1CCC1=O. The molecule has 2 aliphatic carbocycles. The van der Waals surface area contributed by atoms with E-state index >= 15 is 0 Å². The number of rotatable bonds is 5. The lowest BCUT2D eigenvalue weighted by molar-refractivity contribution is -0.122. The number of carbonyl (C=O) groups excluding carboxylic acids is 1. The zero-order valence-electron chi connectivity index (χ0n) is 19.3. The van der Waals surface area contributed by atoms with Crippen LogP contribution in [0.15, 0.2) is 60.3 Å². The molecule has 3 aliphatic rings. The van der Waals surface area contributed by atoms with Crippen molar-refractivity contribution in [1.82, 2.24) is 9.78 Å². The summed E-state index contributed by atoms with van der Waals surface area (Å²) in [6.07, 6.45) is 8.31. The average Bonchev–Trinajstić information content (AvgIpc) is 3.34. The second kappa shape index (κ2) is 7.64. The van der Waals surface area contributed by atoms with Crippen molar-refractivity contribution < 1.29 is 14.3 Å². The summed E-state index contributed by atoms with van der Waals surface area (Å²) in [6, 6.07) is 14.4. The first-order valence-corrected chi connectivity index (χ1v) is 12.0. The van der Waals surface area contributed by atoms with Gasteiger partial charge in [-0.05, 0) is 79.6 Å². The molecule has 2 fully saturated rings. The van der Waals surface area contributed by atoms with Crippen molar-refractivity contribution in [1.29, 1.82) is 0 Å². The van der Waals surface area contributed by atoms with Crippen molar-refractivity contribution in [3.63, 3.8) is 0 Å². The highest BCUT2D eigenvalue weighted by atomic mass is 19.1. The van der Waals surface area contributed by atoms with Crippen molar-refractivity contribution in [3.05, 3.63) is 82.9 Å². The van der Waals surface area contributed by atoms with Crippen LogP contribution in [0, 0.1) is 11.2 Å². The van der Waals surface area contributed by atoms with Gasteiger partial charge in [0.15, 0.2) is 0 Å². The van der Waals surface area contributed by atoms with Crippen molar-refractivity contribution in [2.75, 3.05) is 11.4 Å². The minimum Gasteiger partial charge on any atom is -0.389 e. The summed E-state index contributed by atoms with van der Waals surface area (Å²) >= 11 is 0. The number of anilines is 1. The monoisotopic (exact) mass is 457 g/mol. The molecule has 6 heteroatoms. The number of aryl methyl sites for hydroxylation is 1. The number of amides is 1. The molecule has 1 saturated heterocycles. The highest BCUT2D eigenvalue weighted by molar-refractivity contribution is 6.00. The van der Waals surface area contributed by atoms with Crippen LogP contribution in [0.1, 0.15) is 49.4 Å². The van der Waals surface area contributed by atoms with Gasteiger partial charge >= 0.3 is 0 Å². The number of nitrogens with zero attached hydrogens (tertiary/aromatic N) is 3. The third-order valence-electron chi connectivity index (χ3n) is 8.30.